The number of rotatable bonds is 5. The van der Waals surface area contributed by atoms with E-state index < -0.39 is 0 Å². The van der Waals surface area contributed by atoms with Crippen molar-refractivity contribution in [2.45, 2.75) is 25.8 Å². The molecule has 8 heteroatoms. The fourth-order valence-corrected chi connectivity index (χ4v) is 2.49. The second-order valence-electron chi connectivity index (χ2n) is 3.68. The van der Waals surface area contributed by atoms with Gasteiger partial charge in [0, 0.05) is 6.42 Å². The van der Waals surface area contributed by atoms with Gasteiger partial charge in [-0.15, -0.1) is 15.3 Å². The number of nitrogens with zero attached hydrogens (tertiary/aromatic N) is 6. The highest BCUT2D eigenvalue weighted by atomic mass is 32.1. The Kier molecular flexibility index (Phi) is 3.75. The van der Waals surface area contributed by atoms with Crippen LogP contribution < -0.4 is 5.32 Å². The molecule has 2 aromatic heterocycles. The molecule has 17 heavy (non-hydrogen) atoms. The standard InChI is InChI=1S/C9H15N7S/c1-4-6-9(17-15-11-6)7(10-2)5-8-12-14-16(3)13-8/h7,10H,4-5H2,1-3H3. The maximum Gasteiger partial charge on any atom is 0.176 e. The lowest BCUT2D eigenvalue weighted by atomic mass is 10.1. The van der Waals surface area contributed by atoms with Crippen LogP contribution in [0.5, 0.6) is 0 Å². The summed E-state index contributed by atoms with van der Waals surface area (Å²) in [7, 11) is 3.68. The van der Waals surface area contributed by atoms with Crippen LogP contribution in [0.2, 0.25) is 0 Å². The summed E-state index contributed by atoms with van der Waals surface area (Å²) < 4.78 is 4.00. The topological polar surface area (TPSA) is 81.4 Å². The molecule has 1 atom stereocenters. The van der Waals surface area contributed by atoms with Crippen LogP contribution in [-0.4, -0.2) is 36.8 Å². The van der Waals surface area contributed by atoms with Crippen LogP contribution in [0.15, 0.2) is 0 Å². The number of tetrazole rings is 1. The lowest BCUT2D eigenvalue weighted by Gasteiger charge is -2.12. The van der Waals surface area contributed by atoms with Gasteiger partial charge in [-0.05, 0) is 30.2 Å². The minimum absolute atomic E-state index is 0.147. The summed E-state index contributed by atoms with van der Waals surface area (Å²) in [5.41, 5.74) is 1.04. The van der Waals surface area contributed by atoms with E-state index in [1.807, 2.05) is 7.05 Å². The molecular formula is C9H15N7S. The molecule has 2 heterocycles. The predicted molar refractivity (Wildman–Crippen MR) is 63.6 cm³/mol. The molecule has 7 nitrogen and oxygen atoms in total. The van der Waals surface area contributed by atoms with Crippen LogP contribution >= 0.6 is 11.5 Å². The zero-order valence-electron chi connectivity index (χ0n) is 10.1. The third kappa shape index (κ3) is 2.64. The van der Waals surface area contributed by atoms with E-state index >= 15 is 0 Å². The third-order valence-electron chi connectivity index (χ3n) is 2.52. The first-order valence-corrected chi connectivity index (χ1v) is 6.23. The summed E-state index contributed by atoms with van der Waals surface area (Å²) in [6.07, 6.45) is 1.58. The number of aryl methyl sites for hydroxylation is 2. The SMILES string of the molecule is CCc1nnsc1C(Cc1nnn(C)n1)NC. The molecule has 0 aliphatic carbocycles. The second-order valence-corrected chi connectivity index (χ2v) is 4.46. The minimum Gasteiger partial charge on any atom is -0.312 e. The Balaban J connectivity index is 2.16. The molecule has 0 bridgehead atoms. The van der Waals surface area contributed by atoms with Gasteiger partial charge in [-0.2, -0.15) is 4.80 Å². The minimum atomic E-state index is 0.147. The van der Waals surface area contributed by atoms with Crippen molar-refractivity contribution in [1.82, 2.24) is 35.1 Å². The molecule has 0 saturated heterocycles. The first-order chi connectivity index (χ1) is 8.24. The number of likely N-dealkylation sites (N-methyl/N-ethyl adjacent to an activating group) is 1. The fraction of sp³-hybridized carbons (Fsp3) is 0.667. The highest BCUT2D eigenvalue weighted by Crippen LogP contribution is 2.22. The van der Waals surface area contributed by atoms with E-state index in [2.05, 4.69) is 37.2 Å². The summed E-state index contributed by atoms with van der Waals surface area (Å²) in [5, 5.41) is 19.4. The molecular weight excluding hydrogens is 238 g/mol. The molecule has 1 N–H and O–H groups in total. The van der Waals surface area contributed by atoms with Crippen molar-refractivity contribution in [3.8, 4) is 0 Å². The van der Waals surface area contributed by atoms with Crippen molar-refractivity contribution in [3.63, 3.8) is 0 Å². The number of nitrogens with one attached hydrogen (secondary N) is 1. The Morgan fingerprint density at radius 2 is 2.24 bits per heavy atom. The molecule has 0 spiro atoms. The van der Waals surface area contributed by atoms with Gasteiger partial charge in [-0.1, -0.05) is 11.4 Å². The Labute approximate surface area is 103 Å². The summed E-state index contributed by atoms with van der Waals surface area (Å²) in [6, 6.07) is 0.147. The molecule has 92 valence electrons. The predicted octanol–water partition coefficient (Wildman–Crippen LogP) is 0.127. The van der Waals surface area contributed by atoms with E-state index in [0.29, 0.717) is 6.42 Å². The van der Waals surface area contributed by atoms with Crippen molar-refractivity contribution in [2.75, 3.05) is 7.05 Å². The maximum atomic E-state index is 4.18. The van der Waals surface area contributed by atoms with Crippen molar-refractivity contribution < 1.29 is 0 Å². The first-order valence-electron chi connectivity index (χ1n) is 5.45. The Morgan fingerprint density at radius 1 is 1.41 bits per heavy atom. The quantitative estimate of drug-likeness (QED) is 0.815. The van der Waals surface area contributed by atoms with E-state index in [9.17, 15) is 0 Å². The zero-order chi connectivity index (χ0) is 12.3. The van der Waals surface area contributed by atoms with Crippen LogP contribution in [-0.2, 0) is 19.9 Å². The number of hydrogen-bond donors (Lipinski definition) is 1. The number of aromatic nitrogens is 6. The Bertz CT molecular complexity index is 477. The molecule has 0 saturated carbocycles. The van der Waals surface area contributed by atoms with E-state index in [4.69, 9.17) is 0 Å². The van der Waals surface area contributed by atoms with Crippen molar-refractivity contribution in [3.05, 3.63) is 16.4 Å². The van der Waals surface area contributed by atoms with Gasteiger partial charge in [0.15, 0.2) is 5.82 Å². The summed E-state index contributed by atoms with van der Waals surface area (Å²) in [4.78, 5) is 2.62. The van der Waals surface area contributed by atoms with Crippen LogP contribution in [0.3, 0.4) is 0 Å². The van der Waals surface area contributed by atoms with Crippen molar-refractivity contribution >= 4 is 11.5 Å². The molecule has 2 aromatic rings. The van der Waals surface area contributed by atoms with Crippen LogP contribution in [0.4, 0.5) is 0 Å². The summed E-state index contributed by atoms with van der Waals surface area (Å²) >= 11 is 1.43. The largest absolute Gasteiger partial charge is 0.312 e. The van der Waals surface area contributed by atoms with Crippen LogP contribution in [0, 0.1) is 0 Å². The van der Waals surface area contributed by atoms with E-state index in [0.717, 1.165) is 22.8 Å². The Hall–Kier alpha value is -1.41. The maximum absolute atomic E-state index is 4.18. The Morgan fingerprint density at radius 3 is 2.82 bits per heavy atom. The molecule has 0 aliphatic rings. The first kappa shape index (κ1) is 12.1. The normalized spacial score (nSPS) is 12.9. The van der Waals surface area contributed by atoms with Gasteiger partial charge in [0.05, 0.1) is 23.7 Å². The highest BCUT2D eigenvalue weighted by molar-refractivity contribution is 7.05. The average molecular weight is 253 g/mol. The molecule has 0 amide bonds. The van der Waals surface area contributed by atoms with Crippen LogP contribution in [0.1, 0.15) is 29.4 Å². The molecule has 1 unspecified atom stereocenters. The van der Waals surface area contributed by atoms with Gasteiger partial charge in [0.25, 0.3) is 0 Å². The van der Waals surface area contributed by atoms with Gasteiger partial charge in [-0.25, -0.2) is 0 Å². The van der Waals surface area contributed by atoms with Gasteiger partial charge in [0.2, 0.25) is 0 Å². The van der Waals surface area contributed by atoms with Gasteiger partial charge in [0.1, 0.15) is 0 Å². The van der Waals surface area contributed by atoms with E-state index in [-0.39, 0.29) is 6.04 Å². The van der Waals surface area contributed by atoms with Gasteiger partial charge >= 0.3 is 0 Å². The molecule has 2 rings (SSSR count). The highest BCUT2D eigenvalue weighted by Gasteiger charge is 2.19. The average Bonchev–Trinajstić information content (AvgIpc) is 2.94. The van der Waals surface area contributed by atoms with Crippen molar-refractivity contribution in [2.24, 2.45) is 7.05 Å². The zero-order valence-corrected chi connectivity index (χ0v) is 10.9. The van der Waals surface area contributed by atoms with E-state index in [1.54, 1.807) is 7.05 Å². The second kappa shape index (κ2) is 5.28. The lowest BCUT2D eigenvalue weighted by molar-refractivity contribution is 0.573. The third-order valence-corrected chi connectivity index (χ3v) is 3.40. The fourth-order valence-electron chi connectivity index (χ4n) is 1.64. The molecule has 0 radical (unpaired) electrons. The molecule has 0 aromatic carbocycles. The summed E-state index contributed by atoms with van der Waals surface area (Å²) in [5.74, 6) is 0.724. The molecule has 0 aliphatic heterocycles. The summed E-state index contributed by atoms with van der Waals surface area (Å²) in [6.45, 7) is 2.08. The lowest BCUT2D eigenvalue weighted by Crippen LogP contribution is -2.19. The number of hydrogen-bond acceptors (Lipinski definition) is 7. The smallest absolute Gasteiger partial charge is 0.176 e. The molecule has 0 fully saturated rings. The van der Waals surface area contributed by atoms with Gasteiger partial charge < -0.3 is 5.32 Å². The van der Waals surface area contributed by atoms with E-state index in [1.165, 1.54) is 16.3 Å². The van der Waals surface area contributed by atoms with Crippen molar-refractivity contribution in [1.29, 1.82) is 0 Å². The van der Waals surface area contributed by atoms with Crippen LogP contribution in [0.25, 0.3) is 0 Å². The van der Waals surface area contributed by atoms with Gasteiger partial charge in [-0.3, -0.25) is 0 Å². The monoisotopic (exact) mass is 253 g/mol.